The van der Waals surface area contributed by atoms with Crippen molar-refractivity contribution >= 4 is 16.9 Å². The molecule has 1 heterocycles. The minimum atomic E-state index is -0.268. The molecule has 2 rings (SSSR count). The quantitative estimate of drug-likeness (QED) is 0.919. The van der Waals surface area contributed by atoms with E-state index in [4.69, 9.17) is 0 Å². The zero-order valence-corrected chi connectivity index (χ0v) is 12.0. The SMILES string of the molecule is CC(C)[C@@H](C)NC(=O)Cn1c(=O)cnc2ccccc21. The minimum absolute atomic E-state index is 0.0128. The van der Waals surface area contributed by atoms with Gasteiger partial charge in [-0.1, -0.05) is 26.0 Å². The van der Waals surface area contributed by atoms with Gasteiger partial charge in [-0.15, -0.1) is 0 Å². The highest BCUT2D eigenvalue weighted by molar-refractivity contribution is 5.80. The first-order valence-electron chi connectivity index (χ1n) is 6.73. The van der Waals surface area contributed by atoms with Crippen molar-refractivity contribution in [2.45, 2.75) is 33.4 Å². The van der Waals surface area contributed by atoms with Crippen LogP contribution in [0.2, 0.25) is 0 Å². The third kappa shape index (κ3) is 3.04. The molecule has 0 saturated heterocycles. The Labute approximate surface area is 117 Å². The Balaban J connectivity index is 2.27. The van der Waals surface area contributed by atoms with E-state index in [1.165, 1.54) is 10.8 Å². The van der Waals surface area contributed by atoms with E-state index in [0.29, 0.717) is 17.0 Å². The Morgan fingerprint density at radius 1 is 1.30 bits per heavy atom. The molecule has 0 aliphatic rings. The monoisotopic (exact) mass is 273 g/mol. The maximum atomic E-state index is 12.0. The maximum absolute atomic E-state index is 12.0. The van der Waals surface area contributed by atoms with Crippen molar-refractivity contribution in [1.29, 1.82) is 0 Å². The second-order valence-electron chi connectivity index (χ2n) is 5.27. The molecule has 1 aromatic heterocycles. The van der Waals surface area contributed by atoms with Gasteiger partial charge in [0.25, 0.3) is 5.56 Å². The molecule has 0 spiro atoms. The van der Waals surface area contributed by atoms with E-state index >= 15 is 0 Å². The van der Waals surface area contributed by atoms with Crippen LogP contribution in [0.15, 0.2) is 35.3 Å². The summed E-state index contributed by atoms with van der Waals surface area (Å²) in [5.74, 6) is 0.189. The molecule has 0 radical (unpaired) electrons. The number of fused-ring (bicyclic) bond motifs is 1. The molecule has 0 aliphatic heterocycles. The van der Waals surface area contributed by atoms with Gasteiger partial charge < -0.3 is 5.32 Å². The van der Waals surface area contributed by atoms with Gasteiger partial charge in [0.15, 0.2) is 0 Å². The third-order valence-electron chi connectivity index (χ3n) is 3.44. The fourth-order valence-electron chi connectivity index (χ4n) is 1.89. The smallest absolute Gasteiger partial charge is 0.269 e. The average molecular weight is 273 g/mol. The molecule has 5 nitrogen and oxygen atoms in total. The molecule has 0 aliphatic carbocycles. The predicted molar refractivity (Wildman–Crippen MR) is 78.4 cm³/mol. The fourth-order valence-corrected chi connectivity index (χ4v) is 1.89. The minimum Gasteiger partial charge on any atom is -0.352 e. The first-order chi connectivity index (χ1) is 9.49. The number of nitrogens with one attached hydrogen (secondary N) is 1. The number of nitrogens with zero attached hydrogens (tertiary/aromatic N) is 2. The van der Waals surface area contributed by atoms with Crippen molar-refractivity contribution in [3.8, 4) is 0 Å². The van der Waals surface area contributed by atoms with Gasteiger partial charge in [0.2, 0.25) is 5.91 Å². The Bertz CT molecular complexity index is 676. The molecular formula is C15H19N3O2. The fraction of sp³-hybridized carbons (Fsp3) is 0.400. The maximum Gasteiger partial charge on any atom is 0.269 e. The summed E-state index contributed by atoms with van der Waals surface area (Å²) in [6.07, 6.45) is 1.25. The van der Waals surface area contributed by atoms with Crippen molar-refractivity contribution in [3.63, 3.8) is 0 Å². The lowest BCUT2D eigenvalue weighted by Gasteiger charge is -2.18. The van der Waals surface area contributed by atoms with Gasteiger partial charge in [-0.3, -0.25) is 14.2 Å². The van der Waals surface area contributed by atoms with Gasteiger partial charge in [-0.05, 0) is 25.0 Å². The van der Waals surface area contributed by atoms with E-state index in [9.17, 15) is 9.59 Å². The summed E-state index contributed by atoms with van der Waals surface area (Å²) in [5, 5.41) is 2.90. The summed E-state index contributed by atoms with van der Waals surface area (Å²) in [6.45, 7) is 6.05. The van der Waals surface area contributed by atoms with Crippen LogP contribution < -0.4 is 10.9 Å². The Morgan fingerprint density at radius 3 is 2.70 bits per heavy atom. The lowest BCUT2D eigenvalue weighted by atomic mass is 10.1. The van der Waals surface area contributed by atoms with Gasteiger partial charge in [-0.25, -0.2) is 4.98 Å². The molecule has 1 amide bonds. The van der Waals surface area contributed by atoms with Crippen molar-refractivity contribution in [2.24, 2.45) is 5.92 Å². The second kappa shape index (κ2) is 5.86. The van der Waals surface area contributed by atoms with Crippen molar-refractivity contribution in [1.82, 2.24) is 14.9 Å². The molecule has 0 unspecified atom stereocenters. The van der Waals surface area contributed by atoms with Crippen molar-refractivity contribution < 1.29 is 4.79 Å². The number of hydrogen-bond donors (Lipinski definition) is 1. The van der Waals surface area contributed by atoms with E-state index in [1.54, 1.807) is 6.07 Å². The standard InChI is InChI=1S/C15H19N3O2/c1-10(2)11(3)17-14(19)9-18-13-7-5-4-6-12(13)16-8-15(18)20/h4-8,10-11H,9H2,1-3H3,(H,17,19)/t11-/m1/s1. The highest BCUT2D eigenvalue weighted by Crippen LogP contribution is 2.08. The average Bonchev–Trinajstić information content (AvgIpc) is 2.42. The summed E-state index contributed by atoms with van der Waals surface area (Å²) in [7, 11) is 0. The molecule has 5 heteroatoms. The largest absolute Gasteiger partial charge is 0.352 e. The van der Waals surface area contributed by atoms with Crippen LogP contribution in [0.4, 0.5) is 0 Å². The van der Waals surface area contributed by atoms with Crippen LogP contribution in [-0.2, 0) is 11.3 Å². The number of benzene rings is 1. The van der Waals surface area contributed by atoms with Crippen LogP contribution in [0.25, 0.3) is 11.0 Å². The second-order valence-corrected chi connectivity index (χ2v) is 5.27. The highest BCUT2D eigenvalue weighted by Gasteiger charge is 2.13. The van der Waals surface area contributed by atoms with Crippen LogP contribution in [0.1, 0.15) is 20.8 Å². The van der Waals surface area contributed by atoms with E-state index in [-0.39, 0.29) is 24.1 Å². The van der Waals surface area contributed by atoms with Gasteiger partial charge in [0.1, 0.15) is 6.54 Å². The summed E-state index contributed by atoms with van der Waals surface area (Å²) in [4.78, 5) is 28.0. The lowest BCUT2D eigenvalue weighted by molar-refractivity contribution is -0.122. The number of carbonyl (C=O) groups is 1. The number of rotatable bonds is 4. The van der Waals surface area contributed by atoms with E-state index < -0.39 is 0 Å². The zero-order chi connectivity index (χ0) is 14.7. The Kier molecular flexibility index (Phi) is 4.17. The third-order valence-corrected chi connectivity index (χ3v) is 3.44. The Hall–Kier alpha value is -2.17. The Morgan fingerprint density at radius 2 is 2.00 bits per heavy atom. The van der Waals surface area contributed by atoms with Crippen LogP contribution >= 0.6 is 0 Å². The first-order valence-corrected chi connectivity index (χ1v) is 6.73. The predicted octanol–water partition coefficient (Wildman–Crippen LogP) is 1.56. The van der Waals surface area contributed by atoms with E-state index in [1.807, 2.05) is 39.0 Å². The lowest BCUT2D eigenvalue weighted by Crippen LogP contribution is -2.39. The summed E-state index contributed by atoms with van der Waals surface area (Å²) < 4.78 is 1.45. The van der Waals surface area contributed by atoms with Gasteiger partial charge in [0, 0.05) is 6.04 Å². The first kappa shape index (κ1) is 14.2. The van der Waals surface area contributed by atoms with Crippen molar-refractivity contribution in [2.75, 3.05) is 0 Å². The number of para-hydroxylation sites is 2. The number of carbonyl (C=O) groups excluding carboxylic acids is 1. The van der Waals surface area contributed by atoms with Crippen molar-refractivity contribution in [3.05, 3.63) is 40.8 Å². The number of hydrogen-bond acceptors (Lipinski definition) is 3. The normalized spacial score (nSPS) is 12.6. The molecule has 20 heavy (non-hydrogen) atoms. The topological polar surface area (TPSA) is 64.0 Å². The van der Waals surface area contributed by atoms with E-state index in [2.05, 4.69) is 10.3 Å². The molecular weight excluding hydrogens is 254 g/mol. The summed E-state index contributed by atoms with van der Waals surface area (Å²) >= 11 is 0. The molecule has 1 atom stereocenters. The van der Waals surface area contributed by atoms with E-state index in [0.717, 1.165) is 0 Å². The van der Waals surface area contributed by atoms with Gasteiger partial charge >= 0.3 is 0 Å². The van der Waals surface area contributed by atoms with Gasteiger partial charge in [-0.2, -0.15) is 0 Å². The molecule has 2 aromatic rings. The molecule has 0 fully saturated rings. The van der Waals surface area contributed by atoms with Crippen LogP contribution in [0.3, 0.4) is 0 Å². The summed E-state index contributed by atoms with van der Waals surface area (Å²) in [5.41, 5.74) is 1.11. The van der Waals surface area contributed by atoms with Crippen LogP contribution in [0, 0.1) is 5.92 Å². The molecule has 0 bridgehead atoms. The van der Waals surface area contributed by atoms with Crippen LogP contribution in [0.5, 0.6) is 0 Å². The number of amides is 1. The highest BCUT2D eigenvalue weighted by atomic mass is 16.2. The van der Waals surface area contributed by atoms with Gasteiger partial charge in [0.05, 0.1) is 17.2 Å². The molecule has 0 saturated carbocycles. The van der Waals surface area contributed by atoms with Crippen LogP contribution in [-0.4, -0.2) is 21.5 Å². The number of aromatic nitrogens is 2. The molecule has 1 N–H and O–H groups in total. The molecule has 106 valence electrons. The summed E-state index contributed by atoms with van der Waals surface area (Å²) in [6, 6.07) is 7.37. The zero-order valence-electron chi connectivity index (χ0n) is 12.0. The molecule has 1 aromatic carbocycles.